The van der Waals surface area contributed by atoms with E-state index in [1.54, 1.807) is 20.3 Å². The van der Waals surface area contributed by atoms with Crippen LogP contribution in [0.2, 0.25) is 0 Å². The van der Waals surface area contributed by atoms with Gasteiger partial charge in [0, 0.05) is 5.56 Å². The quantitative estimate of drug-likeness (QED) is 0.871. The number of rotatable bonds is 5. The summed E-state index contributed by atoms with van der Waals surface area (Å²) in [6, 6.07) is 3.65. The van der Waals surface area contributed by atoms with Crippen molar-refractivity contribution in [3.8, 4) is 11.5 Å². The molecule has 1 saturated carbocycles. The first kappa shape index (κ1) is 12.7. The topological polar surface area (TPSA) is 55.8 Å². The molecule has 2 rings (SSSR count). The van der Waals surface area contributed by atoms with E-state index in [4.69, 9.17) is 9.47 Å². The molecule has 0 bridgehead atoms. The van der Waals surface area contributed by atoms with Gasteiger partial charge in [-0.2, -0.15) is 0 Å². The number of carboxylic acids is 1. The molecule has 0 heterocycles. The third-order valence-electron chi connectivity index (χ3n) is 3.68. The van der Waals surface area contributed by atoms with E-state index in [0.29, 0.717) is 24.3 Å². The van der Waals surface area contributed by atoms with Crippen LogP contribution < -0.4 is 9.47 Å². The van der Waals surface area contributed by atoms with E-state index in [0.717, 1.165) is 17.5 Å². The maximum Gasteiger partial charge on any atom is 0.314 e. The van der Waals surface area contributed by atoms with Gasteiger partial charge in [-0.1, -0.05) is 13.0 Å². The molecule has 1 aromatic rings. The third kappa shape index (κ3) is 1.72. The second-order valence-corrected chi connectivity index (χ2v) is 4.57. The lowest BCUT2D eigenvalue weighted by Crippen LogP contribution is -2.21. The van der Waals surface area contributed by atoms with Gasteiger partial charge in [0.25, 0.3) is 0 Å². The Morgan fingerprint density at radius 2 is 2.00 bits per heavy atom. The highest BCUT2D eigenvalue weighted by atomic mass is 16.5. The van der Waals surface area contributed by atoms with Gasteiger partial charge in [0.15, 0.2) is 11.5 Å². The smallest absolute Gasteiger partial charge is 0.314 e. The van der Waals surface area contributed by atoms with E-state index in [2.05, 4.69) is 0 Å². The van der Waals surface area contributed by atoms with Gasteiger partial charge in [-0.3, -0.25) is 4.79 Å². The lowest BCUT2D eigenvalue weighted by Gasteiger charge is -2.19. The number of hydrogen-bond donors (Lipinski definition) is 1. The van der Waals surface area contributed by atoms with Crippen molar-refractivity contribution in [3.05, 3.63) is 23.3 Å². The zero-order chi connectivity index (χ0) is 13.3. The van der Waals surface area contributed by atoms with Crippen LogP contribution in [-0.2, 0) is 16.6 Å². The zero-order valence-corrected chi connectivity index (χ0v) is 10.9. The Bertz CT molecular complexity index is 475. The Morgan fingerprint density at radius 1 is 1.33 bits per heavy atom. The molecular weight excluding hydrogens is 232 g/mol. The molecule has 1 N–H and O–H groups in total. The van der Waals surface area contributed by atoms with E-state index in [-0.39, 0.29) is 0 Å². The molecule has 1 aliphatic carbocycles. The van der Waals surface area contributed by atoms with Crippen molar-refractivity contribution in [3.63, 3.8) is 0 Å². The standard InChI is InChI=1S/C14H18O4/c1-4-9-10(14(7-8-14)13(15)16)5-6-11(17-2)12(9)18-3/h5-6H,4,7-8H2,1-3H3,(H,15,16). The Kier molecular flexibility index (Phi) is 3.20. The summed E-state index contributed by atoms with van der Waals surface area (Å²) < 4.78 is 10.6. The fraction of sp³-hybridized carbons (Fsp3) is 0.500. The van der Waals surface area contributed by atoms with Crippen molar-refractivity contribution in [1.82, 2.24) is 0 Å². The third-order valence-corrected chi connectivity index (χ3v) is 3.68. The Labute approximate surface area is 107 Å². The predicted octanol–water partition coefficient (Wildman–Crippen LogP) is 2.38. The number of benzene rings is 1. The van der Waals surface area contributed by atoms with Crippen molar-refractivity contribution in [1.29, 1.82) is 0 Å². The molecule has 0 saturated heterocycles. The van der Waals surface area contributed by atoms with Gasteiger partial charge < -0.3 is 14.6 Å². The summed E-state index contributed by atoms with van der Waals surface area (Å²) in [5, 5.41) is 9.40. The highest BCUT2D eigenvalue weighted by molar-refractivity contribution is 5.86. The van der Waals surface area contributed by atoms with Gasteiger partial charge >= 0.3 is 5.97 Å². The maximum atomic E-state index is 11.4. The largest absolute Gasteiger partial charge is 0.493 e. The second kappa shape index (κ2) is 4.52. The van der Waals surface area contributed by atoms with Crippen LogP contribution in [-0.4, -0.2) is 25.3 Å². The van der Waals surface area contributed by atoms with Crippen molar-refractivity contribution >= 4 is 5.97 Å². The number of carboxylic acid groups (broad SMARTS) is 1. The molecule has 0 atom stereocenters. The molecular formula is C14H18O4. The molecule has 0 spiro atoms. The lowest BCUT2D eigenvalue weighted by molar-refractivity contribution is -0.140. The molecule has 4 heteroatoms. The molecule has 1 fully saturated rings. The summed E-state index contributed by atoms with van der Waals surface area (Å²) in [4.78, 5) is 11.4. The molecule has 0 aromatic heterocycles. The highest BCUT2D eigenvalue weighted by Gasteiger charge is 2.53. The Hall–Kier alpha value is -1.71. The molecule has 18 heavy (non-hydrogen) atoms. The first-order valence-electron chi connectivity index (χ1n) is 6.08. The van der Waals surface area contributed by atoms with Crippen molar-refractivity contribution < 1.29 is 19.4 Å². The summed E-state index contributed by atoms with van der Waals surface area (Å²) in [7, 11) is 3.17. The van der Waals surface area contributed by atoms with E-state index in [9.17, 15) is 9.90 Å². The lowest BCUT2D eigenvalue weighted by atomic mass is 9.89. The van der Waals surface area contributed by atoms with Gasteiger partial charge in [-0.25, -0.2) is 0 Å². The molecule has 1 aliphatic rings. The Morgan fingerprint density at radius 3 is 2.39 bits per heavy atom. The first-order valence-corrected chi connectivity index (χ1v) is 6.08. The van der Waals surface area contributed by atoms with Crippen LogP contribution in [0.25, 0.3) is 0 Å². The minimum atomic E-state index is -0.746. The summed E-state index contributed by atoms with van der Waals surface area (Å²) in [6.07, 6.45) is 2.13. The van der Waals surface area contributed by atoms with Gasteiger partial charge in [0.05, 0.1) is 19.6 Å². The number of carbonyl (C=O) groups is 1. The number of aliphatic carboxylic acids is 1. The van der Waals surface area contributed by atoms with Gasteiger partial charge in [-0.15, -0.1) is 0 Å². The normalized spacial score (nSPS) is 16.2. The van der Waals surface area contributed by atoms with Crippen LogP contribution in [0, 0.1) is 0 Å². The number of ether oxygens (including phenoxy) is 2. The van der Waals surface area contributed by atoms with E-state index < -0.39 is 11.4 Å². The zero-order valence-electron chi connectivity index (χ0n) is 10.9. The average molecular weight is 250 g/mol. The minimum Gasteiger partial charge on any atom is -0.493 e. The predicted molar refractivity (Wildman–Crippen MR) is 67.5 cm³/mol. The monoisotopic (exact) mass is 250 g/mol. The van der Waals surface area contributed by atoms with Crippen molar-refractivity contribution in [2.45, 2.75) is 31.6 Å². The van der Waals surface area contributed by atoms with E-state index >= 15 is 0 Å². The minimum absolute atomic E-state index is 0.652. The first-order chi connectivity index (χ1) is 8.60. The maximum absolute atomic E-state index is 11.4. The SMILES string of the molecule is CCc1c(C2(C(=O)O)CC2)ccc(OC)c1OC. The molecule has 4 nitrogen and oxygen atoms in total. The van der Waals surface area contributed by atoms with Gasteiger partial charge in [0.1, 0.15) is 0 Å². The second-order valence-electron chi connectivity index (χ2n) is 4.57. The summed E-state index contributed by atoms with van der Waals surface area (Å²) >= 11 is 0. The molecule has 0 unspecified atom stereocenters. The number of methoxy groups -OCH3 is 2. The fourth-order valence-corrected chi connectivity index (χ4v) is 2.51. The van der Waals surface area contributed by atoms with Crippen LogP contribution in [0.3, 0.4) is 0 Å². The molecule has 1 aromatic carbocycles. The summed E-state index contributed by atoms with van der Waals surface area (Å²) in [6.45, 7) is 2.00. The van der Waals surface area contributed by atoms with Crippen LogP contribution in [0.1, 0.15) is 30.9 Å². The van der Waals surface area contributed by atoms with E-state index in [1.807, 2.05) is 13.0 Å². The van der Waals surface area contributed by atoms with Crippen LogP contribution >= 0.6 is 0 Å². The Balaban J connectivity index is 2.59. The van der Waals surface area contributed by atoms with Gasteiger partial charge in [0.2, 0.25) is 0 Å². The number of hydrogen-bond acceptors (Lipinski definition) is 3. The molecule has 98 valence electrons. The van der Waals surface area contributed by atoms with Crippen molar-refractivity contribution in [2.75, 3.05) is 14.2 Å². The van der Waals surface area contributed by atoms with Crippen LogP contribution in [0.15, 0.2) is 12.1 Å². The molecule has 0 radical (unpaired) electrons. The summed E-state index contributed by atoms with van der Waals surface area (Å²) in [5.41, 5.74) is 1.11. The van der Waals surface area contributed by atoms with E-state index in [1.165, 1.54) is 0 Å². The highest BCUT2D eigenvalue weighted by Crippen LogP contribution is 2.52. The van der Waals surface area contributed by atoms with Crippen molar-refractivity contribution in [2.24, 2.45) is 0 Å². The fourth-order valence-electron chi connectivity index (χ4n) is 2.51. The molecule has 0 amide bonds. The molecule has 0 aliphatic heterocycles. The summed E-state index contributed by atoms with van der Waals surface area (Å²) in [5.74, 6) is 0.564. The van der Waals surface area contributed by atoms with Gasteiger partial charge in [-0.05, 0) is 30.9 Å². The average Bonchev–Trinajstić information content (AvgIpc) is 3.18. The van der Waals surface area contributed by atoms with Crippen LogP contribution in [0.4, 0.5) is 0 Å². The van der Waals surface area contributed by atoms with Crippen LogP contribution in [0.5, 0.6) is 11.5 Å².